The molecule has 1 fully saturated rings. The van der Waals surface area contributed by atoms with Gasteiger partial charge in [-0.15, -0.1) is 0 Å². The Bertz CT molecular complexity index is 587. The number of hydrogen-bond donors (Lipinski definition) is 1. The van der Waals surface area contributed by atoms with E-state index >= 15 is 0 Å². The third-order valence-electron chi connectivity index (χ3n) is 4.18. The van der Waals surface area contributed by atoms with Gasteiger partial charge in [0.1, 0.15) is 0 Å². The lowest BCUT2D eigenvalue weighted by Crippen LogP contribution is -2.40. The molecule has 19 heavy (non-hydrogen) atoms. The maximum Gasteiger partial charge on any atom is 0.178 e. The standard InChI is InChI=1S/C16H20N2O/c1-12-6-4-5-9-18(12)11-16(19)14-10-17-15-8-3-2-7-13(14)15/h2-3,7-8,10,12,17H,4-6,9,11H2,1H3/t12-/m0/s1. The number of nitrogens with zero attached hydrogens (tertiary/aromatic N) is 1. The highest BCUT2D eigenvalue weighted by molar-refractivity contribution is 6.08. The van der Waals surface area contributed by atoms with E-state index in [2.05, 4.69) is 16.8 Å². The van der Waals surface area contributed by atoms with Gasteiger partial charge in [-0.25, -0.2) is 0 Å². The second-order valence-electron chi connectivity index (χ2n) is 5.49. The Balaban J connectivity index is 1.80. The van der Waals surface area contributed by atoms with Crippen LogP contribution >= 0.6 is 0 Å². The second kappa shape index (κ2) is 5.17. The zero-order valence-electron chi connectivity index (χ0n) is 11.4. The van der Waals surface area contributed by atoms with Crippen molar-refractivity contribution in [2.24, 2.45) is 0 Å². The van der Waals surface area contributed by atoms with E-state index in [0.717, 1.165) is 23.0 Å². The molecule has 0 saturated carbocycles. The molecule has 3 nitrogen and oxygen atoms in total. The van der Waals surface area contributed by atoms with E-state index in [0.29, 0.717) is 12.6 Å². The molecule has 0 amide bonds. The van der Waals surface area contributed by atoms with Crippen LogP contribution in [0.1, 0.15) is 36.5 Å². The van der Waals surface area contributed by atoms with E-state index in [1.54, 1.807) is 0 Å². The van der Waals surface area contributed by atoms with Crippen LogP contribution in [0.5, 0.6) is 0 Å². The van der Waals surface area contributed by atoms with E-state index in [1.807, 2.05) is 30.5 Å². The maximum absolute atomic E-state index is 12.5. The van der Waals surface area contributed by atoms with Gasteiger partial charge in [0.2, 0.25) is 0 Å². The molecule has 1 saturated heterocycles. The first-order valence-electron chi connectivity index (χ1n) is 7.09. The van der Waals surface area contributed by atoms with E-state index < -0.39 is 0 Å². The Kier molecular flexibility index (Phi) is 3.38. The van der Waals surface area contributed by atoms with E-state index in [-0.39, 0.29) is 5.78 Å². The number of ketones is 1. The number of rotatable bonds is 3. The number of Topliss-reactive ketones (excluding diaryl/α,β-unsaturated/α-hetero) is 1. The fourth-order valence-electron chi connectivity index (χ4n) is 2.96. The Morgan fingerprint density at radius 3 is 3.05 bits per heavy atom. The normalized spacial score (nSPS) is 20.8. The number of piperidine rings is 1. The van der Waals surface area contributed by atoms with Crippen molar-refractivity contribution in [3.8, 4) is 0 Å². The van der Waals surface area contributed by atoms with Crippen molar-refractivity contribution in [2.45, 2.75) is 32.2 Å². The van der Waals surface area contributed by atoms with Crippen LogP contribution < -0.4 is 0 Å². The molecule has 0 aliphatic carbocycles. The molecule has 2 heterocycles. The summed E-state index contributed by atoms with van der Waals surface area (Å²) in [4.78, 5) is 18.0. The lowest BCUT2D eigenvalue weighted by molar-refractivity contribution is 0.0862. The molecular formula is C16H20N2O. The zero-order chi connectivity index (χ0) is 13.2. The number of aromatic nitrogens is 1. The van der Waals surface area contributed by atoms with Crippen molar-refractivity contribution in [3.63, 3.8) is 0 Å². The van der Waals surface area contributed by atoms with Crippen molar-refractivity contribution in [1.82, 2.24) is 9.88 Å². The Labute approximate surface area is 113 Å². The molecule has 1 atom stereocenters. The van der Waals surface area contributed by atoms with E-state index in [1.165, 1.54) is 19.3 Å². The number of carbonyl (C=O) groups is 1. The SMILES string of the molecule is C[C@H]1CCCCN1CC(=O)c1c[nH]c2ccccc12. The second-order valence-corrected chi connectivity index (χ2v) is 5.49. The van der Waals surface area contributed by atoms with Gasteiger partial charge in [0.05, 0.1) is 6.54 Å². The van der Waals surface area contributed by atoms with Crippen LogP contribution in [0.4, 0.5) is 0 Å². The Morgan fingerprint density at radius 1 is 1.37 bits per heavy atom. The smallest absolute Gasteiger partial charge is 0.178 e. The third-order valence-corrected chi connectivity index (χ3v) is 4.18. The van der Waals surface area contributed by atoms with Crippen LogP contribution in [-0.2, 0) is 0 Å². The summed E-state index contributed by atoms with van der Waals surface area (Å²) in [5.41, 5.74) is 1.87. The van der Waals surface area contributed by atoms with E-state index in [9.17, 15) is 4.79 Å². The highest BCUT2D eigenvalue weighted by Gasteiger charge is 2.22. The third kappa shape index (κ3) is 2.43. The molecule has 0 spiro atoms. The monoisotopic (exact) mass is 256 g/mol. The maximum atomic E-state index is 12.5. The summed E-state index contributed by atoms with van der Waals surface area (Å²) in [6, 6.07) is 8.52. The molecule has 0 radical (unpaired) electrons. The van der Waals surface area contributed by atoms with Gasteiger partial charge in [0, 0.05) is 28.7 Å². The Hall–Kier alpha value is -1.61. The number of fused-ring (bicyclic) bond motifs is 1. The molecule has 1 aliphatic rings. The van der Waals surface area contributed by atoms with Gasteiger partial charge in [-0.05, 0) is 32.4 Å². The van der Waals surface area contributed by atoms with Crippen LogP contribution in [0.15, 0.2) is 30.5 Å². The van der Waals surface area contributed by atoms with Crippen LogP contribution in [0.25, 0.3) is 10.9 Å². The lowest BCUT2D eigenvalue weighted by Gasteiger charge is -2.32. The zero-order valence-corrected chi connectivity index (χ0v) is 11.4. The van der Waals surface area contributed by atoms with Gasteiger partial charge < -0.3 is 4.98 Å². The number of likely N-dealkylation sites (tertiary alicyclic amines) is 1. The van der Waals surface area contributed by atoms with Gasteiger partial charge in [0.25, 0.3) is 0 Å². The predicted octanol–water partition coefficient (Wildman–Crippen LogP) is 3.23. The average Bonchev–Trinajstić information content (AvgIpc) is 2.85. The minimum Gasteiger partial charge on any atom is -0.360 e. The van der Waals surface area contributed by atoms with E-state index in [4.69, 9.17) is 0 Å². The molecule has 3 heteroatoms. The Morgan fingerprint density at radius 2 is 2.21 bits per heavy atom. The summed E-state index contributed by atoms with van der Waals surface area (Å²) >= 11 is 0. The molecule has 1 aromatic heterocycles. The van der Waals surface area contributed by atoms with Crippen molar-refractivity contribution in [2.75, 3.05) is 13.1 Å². The minimum absolute atomic E-state index is 0.228. The molecule has 0 bridgehead atoms. The summed E-state index contributed by atoms with van der Waals surface area (Å²) < 4.78 is 0. The number of para-hydroxylation sites is 1. The number of carbonyl (C=O) groups excluding carboxylic acids is 1. The number of benzene rings is 1. The summed E-state index contributed by atoms with van der Waals surface area (Å²) in [6.07, 6.45) is 5.56. The summed E-state index contributed by atoms with van der Waals surface area (Å²) in [7, 11) is 0. The first kappa shape index (κ1) is 12.4. The van der Waals surface area contributed by atoms with Crippen molar-refractivity contribution in [1.29, 1.82) is 0 Å². The summed E-state index contributed by atoms with van der Waals surface area (Å²) in [5, 5.41) is 1.04. The fourth-order valence-corrected chi connectivity index (χ4v) is 2.96. The largest absolute Gasteiger partial charge is 0.360 e. The van der Waals surface area contributed by atoms with Crippen LogP contribution in [-0.4, -0.2) is 34.8 Å². The summed E-state index contributed by atoms with van der Waals surface area (Å²) in [6.45, 7) is 3.82. The highest BCUT2D eigenvalue weighted by atomic mass is 16.1. The first-order chi connectivity index (χ1) is 9.25. The van der Waals surface area contributed by atoms with Gasteiger partial charge in [-0.2, -0.15) is 0 Å². The number of nitrogens with one attached hydrogen (secondary N) is 1. The molecular weight excluding hydrogens is 236 g/mol. The van der Waals surface area contributed by atoms with Crippen LogP contribution in [0.3, 0.4) is 0 Å². The van der Waals surface area contributed by atoms with Gasteiger partial charge in [0.15, 0.2) is 5.78 Å². The molecule has 2 aromatic rings. The number of H-pyrrole nitrogens is 1. The topological polar surface area (TPSA) is 36.1 Å². The summed E-state index contributed by atoms with van der Waals surface area (Å²) in [5.74, 6) is 0.228. The lowest BCUT2D eigenvalue weighted by atomic mass is 10.0. The first-order valence-corrected chi connectivity index (χ1v) is 7.09. The molecule has 3 rings (SSSR count). The number of aromatic amines is 1. The number of hydrogen-bond acceptors (Lipinski definition) is 2. The quantitative estimate of drug-likeness (QED) is 0.856. The van der Waals surface area contributed by atoms with Gasteiger partial charge >= 0.3 is 0 Å². The van der Waals surface area contributed by atoms with Crippen molar-refractivity contribution < 1.29 is 4.79 Å². The van der Waals surface area contributed by atoms with Gasteiger partial charge in [-0.3, -0.25) is 9.69 Å². The van der Waals surface area contributed by atoms with Crippen molar-refractivity contribution >= 4 is 16.7 Å². The van der Waals surface area contributed by atoms with Gasteiger partial charge in [-0.1, -0.05) is 24.6 Å². The molecule has 1 aliphatic heterocycles. The highest BCUT2D eigenvalue weighted by Crippen LogP contribution is 2.21. The van der Waals surface area contributed by atoms with Crippen molar-refractivity contribution in [3.05, 3.63) is 36.0 Å². The van der Waals surface area contributed by atoms with Crippen LogP contribution in [0, 0.1) is 0 Å². The van der Waals surface area contributed by atoms with Crippen LogP contribution in [0.2, 0.25) is 0 Å². The fraction of sp³-hybridized carbons (Fsp3) is 0.438. The molecule has 100 valence electrons. The molecule has 0 unspecified atom stereocenters. The average molecular weight is 256 g/mol. The molecule has 1 aromatic carbocycles. The minimum atomic E-state index is 0.228. The predicted molar refractivity (Wildman–Crippen MR) is 77.5 cm³/mol. The molecule has 1 N–H and O–H groups in total.